The molecule has 0 aliphatic carbocycles. The molecule has 0 fully saturated rings. The zero-order valence-corrected chi connectivity index (χ0v) is 17.9. The average Bonchev–Trinajstić information content (AvgIpc) is 2.50. The zero-order valence-electron chi connectivity index (χ0n) is 17.1. The quantitative estimate of drug-likeness (QED) is 0.190. The largest absolute Gasteiger partial charge is 0.748 e. The van der Waals surface area contributed by atoms with Gasteiger partial charge in [-0.3, -0.25) is 0 Å². The molecule has 0 amide bonds. The summed E-state index contributed by atoms with van der Waals surface area (Å²) in [7, 11) is 0.191. The van der Waals surface area contributed by atoms with Gasteiger partial charge in [0, 0.05) is 12.2 Å². The number of nitrogens with zero attached hydrogens (tertiary/aromatic N) is 1. The first-order chi connectivity index (χ1) is 11.8. The van der Waals surface area contributed by atoms with Gasteiger partial charge in [-0.2, -0.15) is 0 Å². The third-order valence-corrected chi connectivity index (χ3v) is 5.81. The Bertz CT molecular complexity index is 394. The molecule has 25 heavy (non-hydrogen) atoms. The van der Waals surface area contributed by atoms with E-state index in [1.807, 2.05) is 0 Å². The van der Waals surface area contributed by atoms with Crippen molar-refractivity contribution < 1.29 is 17.5 Å². The fraction of sp³-hybridized carbons (Fsp3) is 1.00. The maximum absolute atomic E-state index is 10.6. The van der Waals surface area contributed by atoms with Gasteiger partial charge in [0.1, 0.15) is 0 Å². The average molecular weight is 378 g/mol. The van der Waals surface area contributed by atoms with E-state index in [-0.39, 0.29) is 5.75 Å². The topological polar surface area (TPSA) is 57.2 Å². The Morgan fingerprint density at radius 3 is 1.40 bits per heavy atom. The van der Waals surface area contributed by atoms with Crippen molar-refractivity contribution in [3.63, 3.8) is 0 Å². The standard InChI is InChI=1S/C20H43NO3S/c1-4-5-6-7-8-9-10-11-12-13-14-15-16-18-21(2,3)19-17-20-25(22,23)24/h4-20H2,1-3H3. The van der Waals surface area contributed by atoms with Gasteiger partial charge in [0.2, 0.25) is 0 Å². The van der Waals surface area contributed by atoms with Crippen molar-refractivity contribution >= 4 is 10.1 Å². The van der Waals surface area contributed by atoms with E-state index in [9.17, 15) is 13.0 Å². The molecule has 0 aromatic carbocycles. The summed E-state index contributed by atoms with van der Waals surface area (Å²) < 4.78 is 32.7. The van der Waals surface area contributed by atoms with Gasteiger partial charge in [0.05, 0.1) is 37.3 Å². The summed E-state index contributed by atoms with van der Waals surface area (Å²) in [5.74, 6) is -0.229. The maximum atomic E-state index is 10.6. The molecule has 152 valence electrons. The first-order valence-electron chi connectivity index (χ1n) is 10.5. The van der Waals surface area contributed by atoms with Gasteiger partial charge in [-0.1, -0.05) is 77.6 Å². The molecule has 0 aromatic heterocycles. The summed E-state index contributed by atoms with van der Waals surface area (Å²) in [5, 5.41) is 0. The molecule has 0 bridgehead atoms. The summed E-state index contributed by atoms with van der Waals surface area (Å²) >= 11 is 0. The van der Waals surface area contributed by atoms with E-state index < -0.39 is 10.1 Å². The number of hydrogen-bond donors (Lipinski definition) is 0. The Morgan fingerprint density at radius 2 is 1.00 bits per heavy atom. The van der Waals surface area contributed by atoms with Crippen LogP contribution in [0.15, 0.2) is 0 Å². The van der Waals surface area contributed by atoms with Crippen molar-refractivity contribution in [3.05, 3.63) is 0 Å². The second kappa shape index (κ2) is 15.0. The van der Waals surface area contributed by atoms with E-state index in [2.05, 4.69) is 21.0 Å². The maximum Gasteiger partial charge on any atom is 0.0948 e. The minimum Gasteiger partial charge on any atom is -0.748 e. The third kappa shape index (κ3) is 20.0. The van der Waals surface area contributed by atoms with E-state index in [0.29, 0.717) is 6.42 Å². The van der Waals surface area contributed by atoms with Gasteiger partial charge in [0.15, 0.2) is 0 Å². The third-order valence-electron chi connectivity index (χ3n) is 5.02. The molecule has 0 N–H and O–H groups in total. The SMILES string of the molecule is CCCCCCCCCCCCCCC[N+](C)(C)CCCS(=O)(=O)[O-]. The highest BCUT2D eigenvalue weighted by Gasteiger charge is 2.14. The van der Waals surface area contributed by atoms with Crippen LogP contribution < -0.4 is 0 Å². The summed E-state index contributed by atoms with van der Waals surface area (Å²) in [6.45, 7) is 4.10. The van der Waals surface area contributed by atoms with Gasteiger partial charge >= 0.3 is 0 Å². The van der Waals surface area contributed by atoms with Crippen molar-refractivity contribution in [2.75, 3.05) is 32.9 Å². The van der Waals surface area contributed by atoms with Crippen molar-refractivity contribution in [1.29, 1.82) is 0 Å². The normalized spacial score (nSPS) is 12.6. The second-order valence-electron chi connectivity index (χ2n) is 8.24. The van der Waals surface area contributed by atoms with Crippen molar-refractivity contribution in [1.82, 2.24) is 0 Å². The number of unbranched alkanes of at least 4 members (excludes halogenated alkanes) is 12. The van der Waals surface area contributed by atoms with Gasteiger partial charge in [-0.15, -0.1) is 0 Å². The first-order valence-corrected chi connectivity index (χ1v) is 12.1. The minimum absolute atomic E-state index is 0.229. The first kappa shape index (κ1) is 24.9. The molecule has 0 saturated heterocycles. The molecule has 0 saturated carbocycles. The van der Waals surface area contributed by atoms with E-state index in [4.69, 9.17) is 0 Å². The van der Waals surface area contributed by atoms with Crippen molar-refractivity contribution in [2.24, 2.45) is 0 Å². The molecule has 0 atom stereocenters. The number of quaternary nitrogens is 1. The smallest absolute Gasteiger partial charge is 0.0948 e. The Labute approximate surface area is 157 Å². The summed E-state index contributed by atoms with van der Waals surface area (Å²) in [4.78, 5) is 0. The van der Waals surface area contributed by atoms with Crippen molar-refractivity contribution in [2.45, 2.75) is 96.8 Å². The predicted molar refractivity (Wildman–Crippen MR) is 107 cm³/mol. The molecule has 5 heteroatoms. The minimum atomic E-state index is -4.06. The van der Waals surface area contributed by atoms with E-state index in [0.717, 1.165) is 17.6 Å². The molecule has 0 aliphatic rings. The van der Waals surface area contributed by atoms with Crippen LogP contribution >= 0.6 is 0 Å². The number of rotatable bonds is 18. The van der Waals surface area contributed by atoms with Crippen molar-refractivity contribution in [3.8, 4) is 0 Å². The molecule has 0 aliphatic heterocycles. The lowest BCUT2D eigenvalue weighted by atomic mass is 10.0. The predicted octanol–water partition coefficient (Wildman–Crippen LogP) is 5.09. The Hall–Kier alpha value is -0.130. The summed E-state index contributed by atoms with van der Waals surface area (Å²) in [6.07, 6.45) is 18.1. The molecule has 0 spiro atoms. The lowest BCUT2D eigenvalue weighted by Gasteiger charge is -2.30. The second-order valence-corrected chi connectivity index (χ2v) is 9.76. The molecule has 0 rings (SSSR count). The monoisotopic (exact) mass is 377 g/mol. The molecule has 0 unspecified atom stereocenters. The Balaban J connectivity index is 3.36. The van der Waals surface area contributed by atoms with E-state index >= 15 is 0 Å². The lowest BCUT2D eigenvalue weighted by molar-refractivity contribution is -0.890. The van der Waals surface area contributed by atoms with Gasteiger partial charge in [-0.25, -0.2) is 8.42 Å². The highest BCUT2D eigenvalue weighted by molar-refractivity contribution is 7.85. The number of hydrogen-bond acceptors (Lipinski definition) is 3. The van der Waals surface area contributed by atoms with Gasteiger partial charge in [0.25, 0.3) is 0 Å². The van der Waals surface area contributed by atoms with E-state index in [1.54, 1.807) is 0 Å². The van der Waals surface area contributed by atoms with Gasteiger partial charge in [-0.05, 0) is 12.8 Å². The fourth-order valence-electron chi connectivity index (χ4n) is 3.34. The molecular weight excluding hydrogens is 334 g/mol. The molecule has 4 nitrogen and oxygen atoms in total. The van der Waals surface area contributed by atoms with Crippen LogP contribution in [-0.2, 0) is 10.1 Å². The van der Waals surface area contributed by atoms with Crippen LogP contribution in [0.25, 0.3) is 0 Å². The van der Waals surface area contributed by atoms with Crippen LogP contribution in [0.2, 0.25) is 0 Å². The van der Waals surface area contributed by atoms with Crippen LogP contribution in [0.1, 0.15) is 96.8 Å². The van der Waals surface area contributed by atoms with Crippen LogP contribution in [-0.4, -0.2) is 50.4 Å². The van der Waals surface area contributed by atoms with Crippen LogP contribution in [0.3, 0.4) is 0 Å². The highest BCUT2D eigenvalue weighted by atomic mass is 32.2. The molecule has 0 aromatic rings. The Morgan fingerprint density at radius 1 is 0.640 bits per heavy atom. The highest BCUT2D eigenvalue weighted by Crippen LogP contribution is 2.13. The molecule has 0 heterocycles. The fourth-order valence-corrected chi connectivity index (χ4v) is 3.82. The lowest BCUT2D eigenvalue weighted by Crippen LogP contribution is -2.41. The van der Waals surface area contributed by atoms with Crippen LogP contribution in [0.5, 0.6) is 0 Å². The zero-order chi connectivity index (χ0) is 19.0. The summed E-state index contributed by atoms with van der Waals surface area (Å²) in [5.41, 5.74) is 0. The summed E-state index contributed by atoms with van der Waals surface area (Å²) in [6, 6.07) is 0. The molecular formula is C20H43NO3S. The Kier molecular flexibility index (Phi) is 14.9. The van der Waals surface area contributed by atoms with Crippen LogP contribution in [0, 0.1) is 0 Å². The van der Waals surface area contributed by atoms with Crippen LogP contribution in [0.4, 0.5) is 0 Å². The molecule has 0 radical (unpaired) electrons. The van der Waals surface area contributed by atoms with Gasteiger partial charge < -0.3 is 9.04 Å². The van der Waals surface area contributed by atoms with E-state index in [1.165, 1.54) is 83.5 Å².